The molecule has 0 saturated carbocycles. The van der Waals surface area contributed by atoms with Gasteiger partial charge >= 0.3 is 0 Å². The third-order valence-electron chi connectivity index (χ3n) is 4.36. The fourth-order valence-electron chi connectivity index (χ4n) is 2.91. The second-order valence-electron chi connectivity index (χ2n) is 6.42. The Morgan fingerprint density at radius 2 is 2.08 bits per heavy atom. The summed E-state index contributed by atoms with van der Waals surface area (Å²) >= 11 is 0. The molecule has 2 rings (SSSR count). The molecule has 6 heteroatoms. The highest BCUT2D eigenvalue weighted by Crippen LogP contribution is 2.04. The summed E-state index contributed by atoms with van der Waals surface area (Å²) in [5.41, 5.74) is 7.08. The lowest BCUT2D eigenvalue weighted by Gasteiger charge is -2.34. The molecule has 134 valence electrons. The number of ether oxygens (including phenoxy) is 1. The van der Waals surface area contributed by atoms with Crippen molar-refractivity contribution in [1.29, 1.82) is 0 Å². The summed E-state index contributed by atoms with van der Waals surface area (Å²) < 4.78 is 5.68. The van der Waals surface area contributed by atoms with Gasteiger partial charge in [-0.25, -0.2) is 0 Å². The van der Waals surface area contributed by atoms with Crippen LogP contribution in [0.4, 0.5) is 0 Å². The maximum absolute atomic E-state index is 11.3. The van der Waals surface area contributed by atoms with E-state index in [1.165, 1.54) is 0 Å². The molecule has 0 aliphatic carbocycles. The van der Waals surface area contributed by atoms with Crippen LogP contribution >= 0.6 is 0 Å². The molecule has 1 fully saturated rings. The largest absolute Gasteiger partial charge is 0.380 e. The molecule has 1 unspecified atom stereocenters. The normalized spacial score (nSPS) is 17.0. The molecule has 1 saturated heterocycles. The number of hydrogen-bond donors (Lipinski definition) is 1. The monoisotopic (exact) mass is 334 g/mol. The predicted molar refractivity (Wildman–Crippen MR) is 94.7 cm³/mol. The lowest BCUT2D eigenvalue weighted by molar-refractivity contribution is -0.130. The molecular weight excluding hydrogens is 304 g/mol. The van der Waals surface area contributed by atoms with Gasteiger partial charge in [-0.3, -0.25) is 14.7 Å². The fraction of sp³-hybridized carbons (Fsp3) is 0.667. The van der Waals surface area contributed by atoms with E-state index in [2.05, 4.69) is 9.88 Å². The van der Waals surface area contributed by atoms with Gasteiger partial charge in [0.25, 0.3) is 0 Å². The maximum atomic E-state index is 11.3. The molecule has 1 amide bonds. The number of nitrogens with zero attached hydrogens (tertiary/aromatic N) is 3. The van der Waals surface area contributed by atoms with E-state index in [-0.39, 0.29) is 11.9 Å². The molecule has 24 heavy (non-hydrogen) atoms. The van der Waals surface area contributed by atoms with Gasteiger partial charge in [0.15, 0.2) is 0 Å². The van der Waals surface area contributed by atoms with E-state index in [1.54, 1.807) is 13.1 Å². The van der Waals surface area contributed by atoms with E-state index < -0.39 is 0 Å². The van der Waals surface area contributed by atoms with Gasteiger partial charge in [0.05, 0.1) is 6.61 Å². The van der Waals surface area contributed by atoms with E-state index in [0.717, 1.165) is 64.3 Å². The standard InChI is InChI=1S/C18H30N4O2/c1-16(23)22-11-9-21(10-12-22)8-4-5-13-24-15-17(19)14-18-6-2-3-7-20-18/h2-3,6-7,17H,4-5,8-15,19H2,1H3. The highest BCUT2D eigenvalue weighted by molar-refractivity contribution is 5.73. The van der Waals surface area contributed by atoms with Gasteiger partial charge in [-0.1, -0.05) is 6.07 Å². The van der Waals surface area contributed by atoms with E-state index >= 15 is 0 Å². The molecule has 1 aliphatic heterocycles. The Hall–Kier alpha value is -1.50. The van der Waals surface area contributed by atoms with Gasteiger partial charge in [0, 0.05) is 64.1 Å². The molecule has 1 aromatic rings. The van der Waals surface area contributed by atoms with Crippen LogP contribution in [0.3, 0.4) is 0 Å². The molecule has 2 N–H and O–H groups in total. The quantitative estimate of drug-likeness (QED) is 0.680. The van der Waals surface area contributed by atoms with Crippen LogP contribution in [0.1, 0.15) is 25.5 Å². The van der Waals surface area contributed by atoms with Crippen LogP contribution in [0.5, 0.6) is 0 Å². The SMILES string of the molecule is CC(=O)N1CCN(CCCCOCC(N)Cc2ccccn2)CC1. The number of amides is 1. The second-order valence-corrected chi connectivity index (χ2v) is 6.42. The Bertz CT molecular complexity index is 475. The number of piperazine rings is 1. The Morgan fingerprint density at radius 1 is 1.29 bits per heavy atom. The molecule has 0 bridgehead atoms. The van der Waals surface area contributed by atoms with Gasteiger partial charge in [-0.15, -0.1) is 0 Å². The maximum Gasteiger partial charge on any atom is 0.219 e. The van der Waals surface area contributed by atoms with Crippen molar-refractivity contribution in [2.75, 3.05) is 45.9 Å². The van der Waals surface area contributed by atoms with E-state index in [1.807, 2.05) is 23.1 Å². The number of carbonyl (C=O) groups is 1. The van der Waals surface area contributed by atoms with Gasteiger partial charge in [0.2, 0.25) is 5.91 Å². The van der Waals surface area contributed by atoms with Crippen molar-refractivity contribution >= 4 is 5.91 Å². The summed E-state index contributed by atoms with van der Waals surface area (Å²) in [6.45, 7) is 7.73. The number of unbranched alkanes of at least 4 members (excludes halogenated alkanes) is 1. The first-order valence-electron chi connectivity index (χ1n) is 8.86. The van der Waals surface area contributed by atoms with Gasteiger partial charge in [-0.05, 0) is 31.5 Å². The molecular formula is C18H30N4O2. The summed E-state index contributed by atoms with van der Waals surface area (Å²) in [6, 6.07) is 5.88. The van der Waals surface area contributed by atoms with Crippen LogP contribution in [0.25, 0.3) is 0 Å². The minimum atomic E-state index is -0.000409. The number of nitrogens with two attached hydrogens (primary N) is 1. The lowest BCUT2D eigenvalue weighted by atomic mass is 10.1. The third kappa shape index (κ3) is 6.95. The summed E-state index contributed by atoms with van der Waals surface area (Å²) in [4.78, 5) is 19.9. The average Bonchev–Trinajstić information content (AvgIpc) is 2.59. The minimum Gasteiger partial charge on any atom is -0.380 e. The smallest absolute Gasteiger partial charge is 0.219 e. The van der Waals surface area contributed by atoms with Crippen molar-refractivity contribution in [2.24, 2.45) is 5.73 Å². The zero-order valence-electron chi connectivity index (χ0n) is 14.7. The first-order valence-corrected chi connectivity index (χ1v) is 8.86. The van der Waals surface area contributed by atoms with Crippen molar-refractivity contribution < 1.29 is 9.53 Å². The Morgan fingerprint density at radius 3 is 2.75 bits per heavy atom. The van der Waals surface area contributed by atoms with Crippen LogP contribution < -0.4 is 5.73 Å². The van der Waals surface area contributed by atoms with Crippen molar-refractivity contribution in [1.82, 2.24) is 14.8 Å². The molecule has 0 spiro atoms. The number of carbonyl (C=O) groups excluding carboxylic acids is 1. The zero-order valence-corrected chi connectivity index (χ0v) is 14.7. The van der Waals surface area contributed by atoms with Crippen molar-refractivity contribution in [2.45, 2.75) is 32.2 Å². The first-order chi connectivity index (χ1) is 11.6. The fourth-order valence-corrected chi connectivity index (χ4v) is 2.91. The molecule has 0 aromatic carbocycles. The van der Waals surface area contributed by atoms with Crippen molar-refractivity contribution in [3.05, 3.63) is 30.1 Å². The van der Waals surface area contributed by atoms with Gasteiger partial charge in [0.1, 0.15) is 0 Å². The minimum absolute atomic E-state index is 0.000409. The Labute approximate surface area is 145 Å². The van der Waals surface area contributed by atoms with Gasteiger partial charge in [-0.2, -0.15) is 0 Å². The predicted octanol–water partition coefficient (Wildman–Crippen LogP) is 0.912. The topological polar surface area (TPSA) is 71.7 Å². The van der Waals surface area contributed by atoms with E-state index in [9.17, 15) is 4.79 Å². The summed E-state index contributed by atoms with van der Waals surface area (Å²) in [7, 11) is 0. The van der Waals surface area contributed by atoms with E-state index in [0.29, 0.717) is 6.61 Å². The summed E-state index contributed by atoms with van der Waals surface area (Å²) in [5, 5.41) is 0. The van der Waals surface area contributed by atoms with Crippen LogP contribution in [0, 0.1) is 0 Å². The highest BCUT2D eigenvalue weighted by atomic mass is 16.5. The van der Waals surface area contributed by atoms with Crippen molar-refractivity contribution in [3.63, 3.8) is 0 Å². The molecule has 1 atom stereocenters. The van der Waals surface area contributed by atoms with Gasteiger partial charge < -0.3 is 15.4 Å². The molecule has 6 nitrogen and oxygen atoms in total. The van der Waals surface area contributed by atoms with Crippen LogP contribution in [0.2, 0.25) is 0 Å². The number of aromatic nitrogens is 1. The third-order valence-corrected chi connectivity index (χ3v) is 4.36. The summed E-state index contributed by atoms with van der Waals surface area (Å²) in [6.07, 6.45) is 4.71. The second kappa shape index (κ2) is 10.4. The van der Waals surface area contributed by atoms with E-state index in [4.69, 9.17) is 10.5 Å². The molecule has 0 radical (unpaired) electrons. The first kappa shape index (κ1) is 18.8. The Kier molecular flexibility index (Phi) is 8.15. The number of rotatable bonds is 9. The van der Waals surface area contributed by atoms with Crippen LogP contribution in [0.15, 0.2) is 24.4 Å². The lowest BCUT2D eigenvalue weighted by Crippen LogP contribution is -2.48. The molecule has 2 heterocycles. The molecule has 1 aliphatic rings. The number of hydrogen-bond acceptors (Lipinski definition) is 5. The molecule has 1 aromatic heterocycles. The zero-order chi connectivity index (χ0) is 17.2. The number of pyridine rings is 1. The van der Waals surface area contributed by atoms with Crippen LogP contribution in [-0.2, 0) is 16.0 Å². The van der Waals surface area contributed by atoms with Crippen LogP contribution in [-0.4, -0.2) is 72.7 Å². The Balaban J connectivity index is 1.46. The van der Waals surface area contributed by atoms with Crippen molar-refractivity contribution in [3.8, 4) is 0 Å². The average molecular weight is 334 g/mol. The highest BCUT2D eigenvalue weighted by Gasteiger charge is 2.17. The summed E-state index contributed by atoms with van der Waals surface area (Å²) in [5.74, 6) is 0.185.